The smallest absolute Gasteiger partial charge is 0.232 e. The van der Waals surface area contributed by atoms with Gasteiger partial charge in [-0.1, -0.05) is 48.0 Å². The van der Waals surface area contributed by atoms with E-state index in [-0.39, 0.29) is 12.3 Å². The minimum Gasteiger partial charge on any atom is -0.376 e. The van der Waals surface area contributed by atoms with E-state index in [4.69, 9.17) is 11.6 Å². The first-order valence-corrected chi connectivity index (χ1v) is 10.4. The first kappa shape index (κ1) is 20.8. The van der Waals surface area contributed by atoms with Crippen LogP contribution >= 0.6 is 11.6 Å². The van der Waals surface area contributed by atoms with E-state index in [1.54, 1.807) is 17.3 Å². The number of benzene rings is 2. The highest BCUT2D eigenvalue weighted by atomic mass is 35.5. The Balaban J connectivity index is 1.67. The van der Waals surface area contributed by atoms with Gasteiger partial charge in [0.2, 0.25) is 5.91 Å². The first-order valence-electron chi connectivity index (χ1n) is 10.0. The molecule has 156 valence electrons. The van der Waals surface area contributed by atoms with Crippen molar-refractivity contribution in [2.75, 3.05) is 23.9 Å². The van der Waals surface area contributed by atoms with Crippen molar-refractivity contribution >= 4 is 39.8 Å². The summed E-state index contributed by atoms with van der Waals surface area (Å²) >= 11 is 6.17. The summed E-state index contributed by atoms with van der Waals surface area (Å²) in [5, 5.41) is 2.69. The Hall–Kier alpha value is -3.44. The van der Waals surface area contributed by atoms with Crippen molar-refractivity contribution in [1.82, 2.24) is 9.97 Å². The number of aromatic nitrogens is 2. The molecule has 0 aliphatic rings. The van der Waals surface area contributed by atoms with Crippen LogP contribution in [-0.4, -0.2) is 30.0 Å². The number of nitrogens with zero attached hydrogens (tertiary/aromatic N) is 4. The van der Waals surface area contributed by atoms with Gasteiger partial charge in [-0.25, -0.2) is 4.98 Å². The van der Waals surface area contributed by atoms with Crippen LogP contribution in [-0.2, 0) is 17.8 Å². The lowest BCUT2D eigenvalue weighted by Crippen LogP contribution is -2.32. The topological polar surface area (TPSA) is 49.3 Å². The van der Waals surface area contributed by atoms with E-state index < -0.39 is 0 Å². The molecule has 2 aromatic heterocycles. The van der Waals surface area contributed by atoms with Gasteiger partial charge in [-0.15, -0.1) is 0 Å². The summed E-state index contributed by atoms with van der Waals surface area (Å²) < 4.78 is 0. The first-order chi connectivity index (χ1) is 15.0. The van der Waals surface area contributed by atoms with Crippen molar-refractivity contribution in [2.45, 2.75) is 13.0 Å². The molecule has 4 aromatic rings. The fourth-order valence-electron chi connectivity index (χ4n) is 3.50. The number of halogens is 1. The summed E-state index contributed by atoms with van der Waals surface area (Å²) in [6.45, 7) is 0.381. The van der Waals surface area contributed by atoms with Crippen LogP contribution in [0.3, 0.4) is 0 Å². The molecule has 0 N–H and O–H groups in total. The summed E-state index contributed by atoms with van der Waals surface area (Å²) in [5.41, 5.74) is 2.80. The second-order valence-electron chi connectivity index (χ2n) is 7.58. The van der Waals surface area contributed by atoms with Crippen molar-refractivity contribution in [3.05, 3.63) is 95.4 Å². The molecule has 0 aliphatic heterocycles. The number of anilines is 2. The second kappa shape index (κ2) is 9.14. The predicted octanol–water partition coefficient (Wildman–Crippen LogP) is 5.13. The van der Waals surface area contributed by atoms with Gasteiger partial charge in [0.05, 0.1) is 24.8 Å². The SMILES string of the molecule is CN(C)c1ccc(N(Cc2cccc(Cl)c2)C(=O)Cc2cncc3ccccc23)nc1. The van der Waals surface area contributed by atoms with E-state index in [1.807, 2.05) is 85.9 Å². The van der Waals surface area contributed by atoms with Gasteiger partial charge in [0, 0.05) is 36.9 Å². The Kier molecular flexibility index (Phi) is 6.14. The van der Waals surface area contributed by atoms with Crippen LogP contribution in [0.15, 0.2) is 79.3 Å². The van der Waals surface area contributed by atoms with E-state index in [9.17, 15) is 4.79 Å². The number of hydrogen-bond acceptors (Lipinski definition) is 4. The lowest BCUT2D eigenvalue weighted by atomic mass is 10.0. The summed E-state index contributed by atoms with van der Waals surface area (Å²) in [6.07, 6.45) is 5.58. The Morgan fingerprint density at radius 2 is 1.81 bits per heavy atom. The number of carbonyl (C=O) groups is 1. The van der Waals surface area contributed by atoms with Crippen LogP contribution in [0.4, 0.5) is 11.5 Å². The fourth-order valence-corrected chi connectivity index (χ4v) is 3.71. The second-order valence-corrected chi connectivity index (χ2v) is 8.01. The standard InChI is InChI=1S/C25H23ClN4O/c1-29(2)22-10-11-24(28-16-22)30(17-18-6-5-8-21(26)12-18)25(31)13-20-15-27-14-19-7-3-4-9-23(19)20/h3-12,14-16H,13,17H2,1-2H3. The third-order valence-corrected chi connectivity index (χ3v) is 5.38. The van der Waals surface area contributed by atoms with Crippen LogP contribution in [0.1, 0.15) is 11.1 Å². The molecule has 1 amide bonds. The molecule has 2 aromatic carbocycles. The number of amides is 1. The molecule has 0 saturated carbocycles. The average Bonchev–Trinajstić information content (AvgIpc) is 2.78. The largest absolute Gasteiger partial charge is 0.376 e. The van der Waals surface area contributed by atoms with Gasteiger partial charge in [-0.2, -0.15) is 0 Å². The predicted molar refractivity (Wildman–Crippen MR) is 127 cm³/mol. The molecule has 5 nitrogen and oxygen atoms in total. The molecule has 0 saturated heterocycles. The van der Waals surface area contributed by atoms with Crippen molar-refractivity contribution in [1.29, 1.82) is 0 Å². The van der Waals surface area contributed by atoms with Crippen molar-refractivity contribution in [3.63, 3.8) is 0 Å². The van der Waals surface area contributed by atoms with E-state index >= 15 is 0 Å². The summed E-state index contributed by atoms with van der Waals surface area (Å²) in [5.74, 6) is 0.548. The number of carbonyl (C=O) groups excluding carboxylic acids is 1. The molecule has 4 rings (SSSR count). The van der Waals surface area contributed by atoms with Gasteiger partial charge in [0.1, 0.15) is 5.82 Å². The number of fused-ring (bicyclic) bond motifs is 1. The minimum atomic E-state index is -0.0526. The lowest BCUT2D eigenvalue weighted by molar-refractivity contribution is -0.118. The summed E-state index contributed by atoms with van der Waals surface area (Å²) in [6, 6.07) is 19.3. The van der Waals surface area contributed by atoms with Gasteiger partial charge in [-0.05, 0) is 40.8 Å². The Labute approximate surface area is 186 Å². The van der Waals surface area contributed by atoms with Crippen LogP contribution in [0.25, 0.3) is 10.8 Å². The summed E-state index contributed by atoms with van der Waals surface area (Å²) in [7, 11) is 3.91. The maximum atomic E-state index is 13.5. The van der Waals surface area contributed by atoms with E-state index in [0.717, 1.165) is 27.6 Å². The van der Waals surface area contributed by atoms with Crippen molar-refractivity contribution < 1.29 is 4.79 Å². The number of rotatable bonds is 6. The van der Waals surface area contributed by atoms with Gasteiger partial charge >= 0.3 is 0 Å². The van der Waals surface area contributed by atoms with Crippen molar-refractivity contribution in [3.8, 4) is 0 Å². The number of pyridine rings is 2. The van der Waals surface area contributed by atoms with Crippen molar-refractivity contribution in [2.24, 2.45) is 0 Å². The Morgan fingerprint density at radius 1 is 0.968 bits per heavy atom. The molecule has 0 bridgehead atoms. The number of hydrogen-bond donors (Lipinski definition) is 0. The van der Waals surface area contributed by atoms with E-state index in [2.05, 4.69) is 9.97 Å². The molecular weight excluding hydrogens is 408 g/mol. The van der Waals surface area contributed by atoms with Gasteiger partial charge < -0.3 is 4.90 Å². The highest BCUT2D eigenvalue weighted by Gasteiger charge is 2.19. The lowest BCUT2D eigenvalue weighted by Gasteiger charge is -2.23. The highest BCUT2D eigenvalue weighted by Crippen LogP contribution is 2.23. The zero-order valence-electron chi connectivity index (χ0n) is 17.5. The van der Waals surface area contributed by atoms with Crippen LogP contribution in [0.2, 0.25) is 5.02 Å². The summed E-state index contributed by atoms with van der Waals surface area (Å²) in [4.78, 5) is 26.0. The van der Waals surface area contributed by atoms with Crippen LogP contribution in [0.5, 0.6) is 0 Å². The zero-order valence-corrected chi connectivity index (χ0v) is 18.3. The van der Waals surface area contributed by atoms with Gasteiger partial charge in [0.25, 0.3) is 0 Å². The molecule has 2 heterocycles. The quantitative estimate of drug-likeness (QED) is 0.425. The Bertz CT molecular complexity index is 1200. The highest BCUT2D eigenvalue weighted by molar-refractivity contribution is 6.30. The molecule has 0 atom stereocenters. The molecule has 0 aliphatic carbocycles. The zero-order chi connectivity index (χ0) is 21.8. The Morgan fingerprint density at radius 3 is 2.55 bits per heavy atom. The monoisotopic (exact) mass is 430 g/mol. The normalized spacial score (nSPS) is 10.8. The van der Waals surface area contributed by atoms with Gasteiger partial charge in [-0.3, -0.25) is 14.7 Å². The molecular formula is C25H23ClN4O. The average molecular weight is 431 g/mol. The molecule has 6 heteroatoms. The van der Waals surface area contributed by atoms with Crippen LogP contribution < -0.4 is 9.80 Å². The molecule has 0 unspecified atom stereocenters. The third kappa shape index (κ3) is 4.84. The maximum absolute atomic E-state index is 13.5. The molecule has 0 radical (unpaired) electrons. The fraction of sp³-hybridized carbons (Fsp3) is 0.160. The van der Waals surface area contributed by atoms with Crippen LogP contribution in [0, 0.1) is 0 Å². The third-order valence-electron chi connectivity index (χ3n) is 5.15. The molecule has 31 heavy (non-hydrogen) atoms. The maximum Gasteiger partial charge on any atom is 0.232 e. The molecule has 0 spiro atoms. The minimum absolute atomic E-state index is 0.0526. The van der Waals surface area contributed by atoms with Gasteiger partial charge in [0.15, 0.2) is 0 Å². The van der Waals surface area contributed by atoms with E-state index in [1.165, 1.54) is 0 Å². The van der Waals surface area contributed by atoms with E-state index in [0.29, 0.717) is 17.4 Å². The molecule has 0 fully saturated rings.